The van der Waals surface area contributed by atoms with Gasteiger partial charge in [-0.2, -0.15) is 0 Å². The first-order valence-corrected chi connectivity index (χ1v) is 10.3. The molecule has 3 heteroatoms. The van der Waals surface area contributed by atoms with E-state index in [4.69, 9.17) is 11.6 Å². The van der Waals surface area contributed by atoms with Gasteiger partial charge in [-0.25, -0.2) is 0 Å². The topological polar surface area (TPSA) is 20.3 Å². The van der Waals surface area contributed by atoms with Gasteiger partial charge in [-0.3, -0.25) is 4.79 Å². The predicted octanol–water partition coefficient (Wildman–Crippen LogP) is 6.85. The van der Waals surface area contributed by atoms with E-state index in [0.717, 1.165) is 22.3 Å². The molecule has 0 heterocycles. The lowest BCUT2D eigenvalue weighted by Crippen LogP contribution is -2.30. The molecule has 0 N–H and O–H groups in total. The average Bonchev–Trinajstić information content (AvgIpc) is 2.80. The molecule has 1 amide bonds. The maximum Gasteiger partial charge on any atom is 0.255 e. The molecule has 0 saturated carbocycles. The zero-order chi connectivity index (χ0) is 20.8. The number of amides is 1. The lowest BCUT2D eigenvalue weighted by atomic mass is 9.98. The molecule has 4 aromatic rings. The van der Waals surface area contributed by atoms with Crippen molar-refractivity contribution in [3.05, 3.63) is 131 Å². The number of carbonyl (C=O) groups is 1. The molecular weight excluding hydrogens is 390 g/mol. The molecule has 4 aromatic carbocycles. The van der Waals surface area contributed by atoms with Crippen LogP contribution in [0, 0.1) is 0 Å². The molecule has 30 heavy (non-hydrogen) atoms. The van der Waals surface area contributed by atoms with E-state index in [9.17, 15) is 4.79 Å². The lowest BCUT2D eigenvalue weighted by Gasteiger charge is -2.24. The second-order valence-electron chi connectivity index (χ2n) is 7.18. The van der Waals surface area contributed by atoms with E-state index in [-0.39, 0.29) is 5.91 Å². The molecule has 2 nitrogen and oxygen atoms in total. The maximum atomic E-state index is 13.7. The Labute approximate surface area is 182 Å². The third kappa shape index (κ3) is 4.79. The molecule has 0 aliphatic rings. The van der Waals surface area contributed by atoms with E-state index in [0.29, 0.717) is 23.7 Å². The van der Waals surface area contributed by atoms with E-state index in [1.807, 2.05) is 89.8 Å². The summed E-state index contributed by atoms with van der Waals surface area (Å²) in [6, 6.07) is 35.6. The van der Waals surface area contributed by atoms with Crippen LogP contribution in [0.3, 0.4) is 0 Å². The Morgan fingerprint density at radius 3 is 1.70 bits per heavy atom. The monoisotopic (exact) mass is 411 g/mol. The van der Waals surface area contributed by atoms with Crippen molar-refractivity contribution < 1.29 is 4.79 Å². The van der Waals surface area contributed by atoms with Crippen molar-refractivity contribution in [2.75, 3.05) is 0 Å². The van der Waals surface area contributed by atoms with Gasteiger partial charge in [0.1, 0.15) is 0 Å². The molecule has 0 aromatic heterocycles. The zero-order valence-electron chi connectivity index (χ0n) is 16.5. The van der Waals surface area contributed by atoms with Crippen LogP contribution in [-0.2, 0) is 13.1 Å². The van der Waals surface area contributed by atoms with Gasteiger partial charge in [-0.15, -0.1) is 0 Å². The van der Waals surface area contributed by atoms with Crippen molar-refractivity contribution in [1.29, 1.82) is 0 Å². The largest absolute Gasteiger partial charge is 0.330 e. The normalized spacial score (nSPS) is 10.6. The summed E-state index contributed by atoms with van der Waals surface area (Å²) in [5.74, 6) is 0.00764. The van der Waals surface area contributed by atoms with Crippen molar-refractivity contribution in [1.82, 2.24) is 4.90 Å². The highest BCUT2D eigenvalue weighted by molar-refractivity contribution is 6.30. The third-order valence-corrected chi connectivity index (χ3v) is 5.28. The van der Waals surface area contributed by atoms with Crippen LogP contribution >= 0.6 is 11.6 Å². The van der Waals surface area contributed by atoms with Crippen molar-refractivity contribution in [3.8, 4) is 11.1 Å². The number of nitrogens with zero attached hydrogens (tertiary/aromatic N) is 1. The van der Waals surface area contributed by atoms with E-state index in [1.165, 1.54) is 0 Å². The van der Waals surface area contributed by atoms with Gasteiger partial charge in [0.2, 0.25) is 0 Å². The summed E-state index contributed by atoms with van der Waals surface area (Å²) in [5, 5.41) is 0.678. The smallest absolute Gasteiger partial charge is 0.255 e. The third-order valence-electron chi connectivity index (χ3n) is 5.03. The van der Waals surface area contributed by atoms with E-state index >= 15 is 0 Å². The van der Waals surface area contributed by atoms with Crippen LogP contribution in [0.2, 0.25) is 5.02 Å². The van der Waals surface area contributed by atoms with Gasteiger partial charge in [0, 0.05) is 23.7 Å². The molecular formula is C27H22ClNO. The molecule has 0 saturated heterocycles. The van der Waals surface area contributed by atoms with Crippen molar-refractivity contribution in [2.24, 2.45) is 0 Å². The number of carbonyl (C=O) groups excluding carboxylic acids is 1. The number of halogens is 1. The standard InChI is InChI=1S/C27H22ClNO/c28-24-17-15-23(16-18-24)25-13-7-8-14-26(25)27(30)29(19-21-9-3-1-4-10-21)20-22-11-5-2-6-12-22/h1-18H,19-20H2. The van der Waals surface area contributed by atoms with Crippen LogP contribution in [0.1, 0.15) is 21.5 Å². The van der Waals surface area contributed by atoms with Crippen LogP contribution in [0.5, 0.6) is 0 Å². The van der Waals surface area contributed by atoms with Crippen molar-refractivity contribution in [3.63, 3.8) is 0 Å². The Balaban J connectivity index is 1.70. The summed E-state index contributed by atoms with van der Waals surface area (Å²) in [4.78, 5) is 15.6. The van der Waals surface area contributed by atoms with Gasteiger partial charge in [-0.05, 0) is 40.5 Å². The molecule has 0 unspecified atom stereocenters. The van der Waals surface area contributed by atoms with Crippen molar-refractivity contribution >= 4 is 17.5 Å². The minimum absolute atomic E-state index is 0.00764. The number of benzene rings is 4. The molecule has 4 rings (SSSR count). The predicted molar refractivity (Wildman–Crippen MR) is 123 cm³/mol. The highest BCUT2D eigenvalue weighted by atomic mass is 35.5. The van der Waals surface area contributed by atoms with Crippen LogP contribution < -0.4 is 0 Å². The van der Waals surface area contributed by atoms with Gasteiger partial charge < -0.3 is 4.90 Å². The van der Waals surface area contributed by atoms with E-state index < -0.39 is 0 Å². The summed E-state index contributed by atoms with van der Waals surface area (Å²) in [7, 11) is 0. The van der Waals surface area contributed by atoms with Gasteiger partial charge >= 0.3 is 0 Å². The second-order valence-corrected chi connectivity index (χ2v) is 7.62. The summed E-state index contributed by atoms with van der Waals surface area (Å²) < 4.78 is 0. The second kappa shape index (κ2) is 9.43. The number of hydrogen-bond acceptors (Lipinski definition) is 1. The summed E-state index contributed by atoms with van der Waals surface area (Å²) >= 11 is 6.06. The molecule has 0 aliphatic heterocycles. The van der Waals surface area contributed by atoms with E-state index in [2.05, 4.69) is 24.3 Å². The quantitative estimate of drug-likeness (QED) is 0.339. The number of rotatable bonds is 6. The van der Waals surface area contributed by atoms with Gasteiger partial charge in [-0.1, -0.05) is 103 Å². The van der Waals surface area contributed by atoms with Crippen molar-refractivity contribution in [2.45, 2.75) is 13.1 Å². The summed E-state index contributed by atoms with van der Waals surface area (Å²) in [6.45, 7) is 1.09. The molecule has 0 fully saturated rings. The minimum atomic E-state index is 0.00764. The fraction of sp³-hybridized carbons (Fsp3) is 0.0741. The molecule has 148 valence electrons. The van der Waals surface area contributed by atoms with Gasteiger partial charge in [0.25, 0.3) is 5.91 Å². The lowest BCUT2D eigenvalue weighted by molar-refractivity contribution is 0.0731. The van der Waals surface area contributed by atoms with Gasteiger partial charge in [0.05, 0.1) is 0 Å². The highest BCUT2D eigenvalue weighted by Crippen LogP contribution is 2.27. The van der Waals surface area contributed by atoms with Crippen LogP contribution in [0.25, 0.3) is 11.1 Å². The van der Waals surface area contributed by atoms with Crippen LogP contribution in [0.4, 0.5) is 0 Å². The fourth-order valence-electron chi connectivity index (χ4n) is 3.53. The molecule has 0 bridgehead atoms. The maximum absolute atomic E-state index is 13.7. The SMILES string of the molecule is O=C(c1ccccc1-c1ccc(Cl)cc1)N(Cc1ccccc1)Cc1ccccc1. The summed E-state index contributed by atoms with van der Waals surface area (Å²) in [5.41, 5.74) is 4.77. The Hall–Kier alpha value is -3.36. The Bertz CT molecular complexity index is 1070. The number of hydrogen-bond donors (Lipinski definition) is 0. The van der Waals surface area contributed by atoms with E-state index in [1.54, 1.807) is 0 Å². The Morgan fingerprint density at radius 1 is 0.633 bits per heavy atom. The average molecular weight is 412 g/mol. The van der Waals surface area contributed by atoms with Crippen LogP contribution in [0.15, 0.2) is 109 Å². The fourth-order valence-corrected chi connectivity index (χ4v) is 3.65. The first kappa shape index (κ1) is 19.9. The zero-order valence-corrected chi connectivity index (χ0v) is 17.3. The van der Waals surface area contributed by atoms with Crippen LogP contribution in [-0.4, -0.2) is 10.8 Å². The highest BCUT2D eigenvalue weighted by Gasteiger charge is 2.20. The minimum Gasteiger partial charge on any atom is -0.330 e. The molecule has 0 atom stereocenters. The molecule has 0 aliphatic carbocycles. The first-order valence-electron chi connectivity index (χ1n) is 9.93. The first-order chi connectivity index (χ1) is 14.7. The Kier molecular flexibility index (Phi) is 6.26. The molecule has 0 spiro atoms. The molecule has 0 radical (unpaired) electrons. The Morgan fingerprint density at radius 2 is 1.13 bits per heavy atom. The summed E-state index contributed by atoms with van der Waals surface area (Å²) in [6.07, 6.45) is 0. The van der Waals surface area contributed by atoms with Gasteiger partial charge in [0.15, 0.2) is 0 Å².